The topological polar surface area (TPSA) is 84.9 Å². The largest absolute Gasteiger partial charge is 0.416 e. The van der Waals surface area contributed by atoms with Crippen LogP contribution in [-0.4, -0.2) is 66.7 Å². The van der Waals surface area contributed by atoms with Crippen molar-refractivity contribution >= 4 is 62.9 Å². The summed E-state index contributed by atoms with van der Waals surface area (Å²) in [5.41, 5.74) is 5.24. The van der Waals surface area contributed by atoms with Gasteiger partial charge in [-0.15, -0.1) is 11.3 Å². The van der Waals surface area contributed by atoms with Gasteiger partial charge in [-0.05, 0) is 79.1 Å². The van der Waals surface area contributed by atoms with Crippen molar-refractivity contribution in [1.82, 2.24) is 28.8 Å². The molecule has 260 valence electrons. The molecule has 7 rings (SSSR count). The fourth-order valence-electron chi connectivity index (χ4n) is 6.20. The third-order valence-corrected chi connectivity index (χ3v) is 12.3. The number of nitrogens with one attached hydrogen (secondary N) is 1. The molecule has 1 unspecified atom stereocenters. The van der Waals surface area contributed by atoms with E-state index < -0.39 is 11.7 Å². The van der Waals surface area contributed by atoms with Gasteiger partial charge in [0.15, 0.2) is 4.99 Å². The van der Waals surface area contributed by atoms with Crippen LogP contribution in [0.15, 0.2) is 59.6 Å². The summed E-state index contributed by atoms with van der Waals surface area (Å²) in [6.07, 6.45) is -2.54. The van der Waals surface area contributed by atoms with Gasteiger partial charge in [-0.2, -0.15) is 21.9 Å². The molecule has 3 aliphatic heterocycles. The number of halogens is 3. The van der Waals surface area contributed by atoms with Crippen molar-refractivity contribution in [2.45, 2.75) is 64.8 Å². The predicted octanol–water partition coefficient (Wildman–Crippen LogP) is 8.27. The van der Waals surface area contributed by atoms with E-state index in [1.807, 2.05) is 47.9 Å². The number of amides is 4. The summed E-state index contributed by atoms with van der Waals surface area (Å²) in [6.45, 7) is 11.9. The molecule has 4 amide bonds. The highest BCUT2D eigenvalue weighted by atomic mass is 32.2. The van der Waals surface area contributed by atoms with Crippen LogP contribution in [-0.2, 0) is 25.7 Å². The molecule has 2 saturated heterocycles. The molecule has 1 atom stereocenters. The van der Waals surface area contributed by atoms with E-state index in [0.29, 0.717) is 31.7 Å². The van der Waals surface area contributed by atoms with Crippen LogP contribution in [0.25, 0.3) is 11.0 Å². The lowest BCUT2D eigenvalue weighted by molar-refractivity contribution is -0.137. The maximum absolute atomic E-state index is 12.9. The number of thioether (sulfide) groups is 1. The van der Waals surface area contributed by atoms with E-state index in [0.717, 1.165) is 65.4 Å². The minimum atomic E-state index is -4.34. The zero-order chi connectivity index (χ0) is 34.9. The summed E-state index contributed by atoms with van der Waals surface area (Å²) in [6, 6.07) is 13.0. The van der Waals surface area contributed by atoms with E-state index >= 15 is 0 Å². The number of aromatic nitrogens is 2. The molecule has 0 spiro atoms. The van der Waals surface area contributed by atoms with Gasteiger partial charge in [-0.3, -0.25) is 9.80 Å². The lowest BCUT2D eigenvalue weighted by Gasteiger charge is -2.37. The molecule has 49 heavy (non-hydrogen) atoms. The second-order valence-electron chi connectivity index (χ2n) is 12.2. The number of benzene rings is 2. The van der Waals surface area contributed by atoms with Gasteiger partial charge in [-0.25, -0.2) is 9.59 Å². The summed E-state index contributed by atoms with van der Waals surface area (Å²) in [4.78, 5) is 33.8. The lowest BCUT2D eigenvalue weighted by Crippen LogP contribution is -2.54. The van der Waals surface area contributed by atoms with Gasteiger partial charge in [0.25, 0.3) is 0 Å². The summed E-state index contributed by atoms with van der Waals surface area (Å²) in [5, 5.41) is 6.52. The average molecular weight is 730 g/mol. The van der Waals surface area contributed by atoms with Gasteiger partial charge in [0, 0.05) is 49.8 Å². The normalized spacial score (nSPS) is 19.5. The number of aryl methyl sites for hydroxylation is 2. The number of rotatable bonds is 8. The second kappa shape index (κ2) is 14.2. The Kier molecular flexibility index (Phi) is 10.1. The van der Waals surface area contributed by atoms with Crippen LogP contribution < -0.4 is 10.2 Å². The van der Waals surface area contributed by atoms with Crippen molar-refractivity contribution in [3.8, 4) is 0 Å². The van der Waals surface area contributed by atoms with Gasteiger partial charge in [0.05, 0.1) is 22.3 Å². The predicted molar refractivity (Wildman–Crippen MR) is 190 cm³/mol. The number of carbonyl (C=O) groups is 2. The van der Waals surface area contributed by atoms with Crippen LogP contribution in [0.2, 0.25) is 0 Å². The van der Waals surface area contributed by atoms with E-state index in [2.05, 4.69) is 33.3 Å². The number of alkyl halides is 3. The summed E-state index contributed by atoms with van der Waals surface area (Å²) < 4.78 is 46.4. The van der Waals surface area contributed by atoms with Gasteiger partial charge in [0.1, 0.15) is 11.0 Å². The van der Waals surface area contributed by atoms with E-state index in [1.165, 1.54) is 34.3 Å². The van der Waals surface area contributed by atoms with E-state index in [1.54, 1.807) is 32.9 Å². The molecule has 3 aliphatic rings. The smallest absolute Gasteiger partial charge is 0.357 e. The Bertz CT molecular complexity index is 1860. The minimum Gasteiger partial charge on any atom is -0.357 e. The van der Waals surface area contributed by atoms with Crippen molar-refractivity contribution in [2.75, 3.05) is 31.1 Å². The van der Waals surface area contributed by atoms with Gasteiger partial charge in [-0.1, -0.05) is 43.8 Å². The number of anilines is 1. The minimum absolute atomic E-state index is 0.0937. The number of hydrogen-bond donors (Lipinski definition) is 1. The first-order valence-corrected chi connectivity index (χ1v) is 18.6. The molecule has 0 radical (unpaired) electrons. The molecule has 4 aromatic rings. The third kappa shape index (κ3) is 7.38. The summed E-state index contributed by atoms with van der Waals surface area (Å²) >= 11 is 4.54. The van der Waals surface area contributed by atoms with E-state index in [4.69, 9.17) is 0 Å². The number of nitrogens with zero attached hydrogens (tertiary/aromatic N) is 6. The van der Waals surface area contributed by atoms with Crippen molar-refractivity contribution in [3.63, 3.8) is 0 Å². The van der Waals surface area contributed by atoms with Gasteiger partial charge < -0.3 is 15.1 Å². The van der Waals surface area contributed by atoms with Gasteiger partial charge >= 0.3 is 18.2 Å². The van der Waals surface area contributed by atoms with Crippen LogP contribution in [0.5, 0.6) is 0 Å². The highest BCUT2D eigenvalue weighted by molar-refractivity contribution is 8.03. The molecule has 1 N–H and O–H groups in total. The molecule has 0 bridgehead atoms. The Labute approximate surface area is 296 Å². The van der Waals surface area contributed by atoms with Gasteiger partial charge in [0.2, 0.25) is 0 Å². The molecule has 5 heterocycles. The molecule has 0 aliphatic carbocycles. The maximum atomic E-state index is 12.9. The Morgan fingerprint density at radius 2 is 1.53 bits per heavy atom. The Hall–Kier alpha value is -3.82. The lowest BCUT2D eigenvalue weighted by atomic mass is 10.1. The molecule has 15 heteroatoms. The highest BCUT2D eigenvalue weighted by Gasteiger charge is 2.45. The standard InChI is InChI=1S/C18H19F3N2OS.C16H19N5OS2/c1-3-15-12(2)10-16(25-15)23-9-8-22(17(23)24)11-13-4-6-14(7-5-13)18(19,20)21;1-3-16(17-11(2)10-23-16)21-7-6-20(15(21)22)9-12-4-5-13-14(8-12)19-24-18-13/h4-7,10H,3,8-9,11H2,1-2H3;4-5,8,10,17H,3,6-7,9H2,1-2H3. The number of fused-ring (bicyclic) bond motifs is 1. The van der Waals surface area contributed by atoms with Crippen LogP contribution in [0.3, 0.4) is 0 Å². The number of carbonyl (C=O) groups excluding carboxylic acids is 2. The molecular weight excluding hydrogens is 692 g/mol. The Morgan fingerprint density at radius 3 is 2.18 bits per heavy atom. The number of urea groups is 2. The molecule has 2 aromatic carbocycles. The molecule has 9 nitrogen and oxygen atoms in total. The van der Waals surface area contributed by atoms with E-state index in [-0.39, 0.29) is 17.1 Å². The maximum Gasteiger partial charge on any atom is 0.416 e. The molecule has 2 fully saturated rings. The first kappa shape index (κ1) is 35.0. The fourth-order valence-corrected chi connectivity index (χ4v) is 8.96. The van der Waals surface area contributed by atoms with Crippen molar-refractivity contribution < 1.29 is 22.8 Å². The Balaban J connectivity index is 0.000000170. The van der Waals surface area contributed by atoms with Crippen molar-refractivity contribution in [1.29, 1.82) is 0 Å². The second-order valence-corrected chi connectivity index (χ2v) is 15.0. The zero-order valence-electron chi connectivity index (χ0n) is 27.7. The number of thiophene rings is 1. The van der Waals surface area contributed by atoms with Crippen LogP contribution >= 0.6 is 34.8 Å². The quantitative estimate of drug-likeness (QED) is 0.197. The number of hydrogen-bond acceptors (Lipinski definition) is 8. The summed E-state index contributed by atoms with van der Waals surface area (Å²) in [7, 11) is 0. The number of allylic oxidation sites excluding steroid dienone is 1. The van der Waals surface area contributed by atoms with Crippen molar-refractivity contribution in [2.24, 2.45) is 0 Å². The molecular formula is C34H38F3N7O2S3. The molecule has 2 aromatic heterocycles. The van der Waals surface area contributed by atoms with Crippen LogP contribution in [0, 0.1) is 6.92 Å². The highest BCUT2D eigenvalue weighted by Crippen LogP contribution is 2.40. The summed E-state index contributed by atoms with van der Waals surface area (Å²) in [5.74, 6) is 0. The monoisotopic (exact) mass is 729 g/mol. The first-order valence-electron chi connectivity index (χ1n) is 16.1. The van der Waals surface area contributed by atoms with Crippen molar-refractivity contribution in [3.05, 3.63) is 86.8 Å². The molecule has 0 saturated carbocycles. The van der Waals surface area contributed by atoms with E-state index in [9.17, 15) is 22.8 Å². The average Bonchev–Trinajstić information content (AvgIpc) is 3.91. The van der Waals surface area contributed by atoms with Crippen LogP contribution in [0.4, 0.5) is 27.8 Å². The first-order chi connectivity index (χ1) is 23.4. The van der Waals surface area contributed by atoms with Crippen LogP contribution in [0.1, 0.15) is 54.3 Å². The third-order valence-electron chi connectivity index (χ3n) is 8.87. The SMILES string of the molecule is CCC1(N2CCN(Cc3ccc4nsnc4c3)C2=O)NC(C)=CS1.CCc1sc(N2CCN(Cc3ccc(C(F)(F)F)cc3)C2=O)cc1C. The Morgan fingerprint density at radius 1 is 0.857 bits per heavy atom. The fraction of sp³-hybridized carbons (Fsp3) is 0.412. The zero-order valence-corrected chi connectivity index (χ0v) is 30.2.